The second-order valence-corrected chi connectivity index (χ2v) is 10.2. The van der Waals surface area contributed by atoms with Crippen molar-refractivity contribution in [1.82, 2.24) is 24.9 Å². The molecule has 4 aromatic rings. The van der Waals surface area contributed by atoms with Crippen LogP contribution in [0.3, 0.4) is 0 Å². The summed E-state index contributed by atoms with van der Waals surface area (Å²) in [5, 5.41) is 11.7. The molecule has 0 spiro atoms. The summed E-state index contributed by atoms with van der Waals surface area (Å²) in [6.45, 7) is 3.78. The van der Waals surface area contributed by atoms with Crippen molar-refractivity contribution in [3.63, 3.8) is 0 Å². The summed E-state index contributed by atoms with van der Waals surface area (Å²) in [6.07, 6.45) is 9.83. The number of pyridine rings is 1. The SMILES string of the molecule is Cc1nc2ccc(N3CCC[C@H](N[C@@H]4CCCC[C@H]4Nc4ncc(-c5cc(F)c(F)c(F)c5)o4)C3)cn2n1. The molecular weight excluding hydrogens is 495 g/mol. The predicted molar refractivity (Wildman–Crippen MR) is 138 cm³/mol. The van der Waals surface area contributed by atoms with Crippen molar-refractivity contribution in [1.29, 1.82) is 0 Å². The van der Waals surface area contributed by atoms with Gasteiger partial charge in [-0.3, -0.25) is 0 Å². The van der Waals surface area contributed by atoms with Gasteiger partial charge in [0.1, 0.15) is 5.82 Å². The molecule has 38 heavy (non-hydrogen) atoms. The number of aryl methyl sites for hydroxylation is 1. The van der Waals surface area contributed by atoms with Crippen LogP contribution in [0.4, 0.5) is 24.9 Å². The maximum absolute atomic E-state index is 13.7. The molecule has 3 aromatic heterocycles. The number of rotatable bonds is 6. The number of oxazole rings is 1. The highest BCUT2D eigenvalue weighted by molar-refractivity contribution is 5.58. The molecule has 11 heteroatoms. The van der Waals surface area contributed by atoms with Gasteiger partial charge in [-0.15, -0.1) is 0 Å². The summed E-state index contributed by atoms with van der Waals surface area (Å²) in [5.74, 6) is -3.10. The number of piperidine rings is 1. The topological polar surface area (TPSA) is 83.5 Å². The lowest BCUT2D eigenvalue weighted by Gasteiger charge is -2.40. The molecule has 6 rings (SSSR count). The molecule has 0 unspecified atom stereocenters. The molecule has 8 nitrogen and oxygen atoms in total. The number of fused-ring (bicyclic) bond motifs is 1. The molecule has 2 fully saturated rings. The lowest BCUT2D eigenvalue weighted by molar-refractivity contribution is 0.290. The zero-order chi connectivity index (χ0) is 26.2. The van der Waals surface area contributed by atoms with Crippen LogP contribution in [0.15, 0.2) is 41.1 Å². The molecule has 2 aliphatic rings. The van der Waals surface area contributed by atoms with Crippen LogP contribution in [0.1, 0.15) is 44.3 Å². The maximum Gasteiger partial charge on any atom is 0.295 e. The van der Waals surface area contributed by atoms with Gasteiger partial charge in [0, 0.05) is 36.8 Å². The molecular formula is C27H30F3N7O. The number of hydrogen-bond acceptors (Lipinski definition) is 7. The van der Waals surface area contributed by atoms with E-state index >= 15 is 0 Å². The van der Waals surface area contributed by atoms with Crippen molar-refractivity contribution < 1.29 is 17.6 Å². The second-order valence-electron chi connectivity index (χ2n) is 10.2. The first-order valence-electron chi connectivity index (χ1n) is 13.1. The molecule has 1 aliphatic heterocycles. The Kier molecular flexibility index (Phi) is 6.69. The van der Waals surface area contributed by atoms with Crippen LogP contribution in [0, 0.1) is 24.4 Å². The maximum atomic E-state index is 13.7. The van der Waals surface area contributed by atoms with Gasteiger partial charge in [0.15, 0.2) is 28.9 Å². The van der Waals surface area contributed by atoms with E-state index in [1.165, 1.54) is 6.20 Å². The molecule has 0 bridgehead atoms. The average Bonchev–Trinajstić information content (AvgIpc) is 3.53. The Labute approximate surface area is 218 Å². The number of aromatic nitrogens is 4. The first-order valence-corrected chi connectivity index (χ1v) is 13.1. The van der Waals surface area contributed by atoms with Crippen LogP contribution >= 0.6 is 0 Å². The quantitative estimate of drug-likeness (QED) is 0.339. The smallest absolute Gasteiger partial charge is 0.295 e. The highest BCUT2D eigenvalue weighted by Gasteiger charge is 2.30. The van der Waals surface area contributed by atoms with Crippen LogP contribution in [0.5, 0.6) is 0 Å². The van der Waals surface area contributed by atoms with Crippen molar-refractivity contribution in [3.05, 3.63) is 59.9 Å². The van der Waals surface area contributed by atoms with E-state index in [0.29, 0.717) is 6.04 Å². The lowest BCUT2D eigenvalue weighted by Crippen LogP contribution is -2.54. The summed E-state index contributed by atoms with van der Waals surface area (Å²) in [4.78, 5) is 11.1. The molecule has 1 saturated carbocycles. The Balaban J connectivity index is 1.12. The number of halogens is 3. The Bertz CT molecular complexity index is 1410. The van der Waals surface area contributed by atoms with Gasteiger partial charge in [-0.1, -0.05) is 12.8 Å². The fraction of sp³-hybridized carbons (Fsp3) is 0.444. The fourth-order valence-electron chi connectivity index (χ4n) is 5.65. The first-order chi connectivity index (χ1) is 18.4. The van der Waals surface area contributed by atoms with Crippen LogP contribution in [0.2, 0.25) is 0 Å². The van der Waals surface area contributed by atoms with Crippen molar-refractivity contribution >= 4 is 17.3 Å². The largest absolute Gasteiger partial charge is 0.424 e. The molecule has 4 heterocycles. The summed E-state index contributed by atoms with van der Waals surface area (Å²) in [6, 6.07) is 6.86. The third-order valence-electron chi connectivity index (χ3n) is 7.51. The number of hydrogen-bond donors (Lipinski definition) is 2. The van der Waals surface area contributed by atoms with Crippen LogP contribution in [0.25, 0.3) is 17.0 Å². The van der Waals surface area contributed by atoms with Crippen LogP contribution in [-0.4, -0.2) is 50.8 Å². The van der Waals surface area contributed by atoms with Crippen molar-refractivity contribution in [2.45, 2.75) is 63.6 Å². The molecule has 1 aromatic carbocycles. The van der Waals surface area contributed by atoms with E-state index in [4.69, 9.17) is 4.42 Å². The Morgan fingerprint density at radius 3 is 2.61 bits per heavy atom. The molecule has 2 N–H and O–H groups in total. The monoisotopic (exact) mass is 525 g/mol. The van der Waals surface area contributed by atoms with E-state index in [0.717, 1.165) is 80.9 Å². The highest BCUT2D eigenvalue weighted by Crippen LogP contribution is 2.29. The zero-order valence-corrected chi connectivity index (χ0v) is 21.1. The van der Waals surface area contributed by atoms with E-state index < -0.39 is 17.5 Å². The fourth-order valence-corrected chi connectivity index (χ4v) is 5.65. The summed E-state index contributed by atoms with van der Waals surface area (Å²) >= 11 is 0. The predicted octanol–water partition coefficient (Wildman–Crippen LogP) is 5.09. The van der Waals surface area contributed by atoms with E-state index in [9.17, 15) is 13.2 Å². The summed E-state index contributed by atoms with van der Waals surface area (Å²) in [5.41, 5.74) is 2.08. The van der Waals surface area contributed by atoms with Gasteiger partial charge in [0.25, 0.3) is 6.01 Å². The van der Waals surface area contributed by atoms with Gasteiger partial charge in [-0.2, -0.15) is 5.10 Å². The van der Waals surface area contributed by atoms with Gasteiger partial charge < -0.3 is 20.0 Å². The second kappa shape index (κ2) is 10.3. The Hall–Kier alpha value is -3.60. The minimum atomic E-state index is -1.50. The normalized spacial score (nSPS) is 22.2. The van der Waals surface area contributed by atoms with E-state index in [1.807, 2.05) is 23.7 Å². The van der Waals surface area contributed by atoms with Crippen LogP contribution in [-0.2, 0) is 0 Å². The van der Waals surface area contributed by atoms with Gasteiger partial charge in [-0.05, 0) is 56.9 Å². The summed E-state index contributed by atoms with van der Waals surface area (Å²) in [7, 11) is 0. The average molecular weight is 526 g/mol. The minimum Gasteiger partial charge on any atom is -0.424 e. The van der Waals surface area contributed by atoms with Gasteiger partial charge in [0.05, 0.1) is 18.1 Å². The summed E-state index contributed by atoms with van der Waals surface area (Å²) < 4.78 is 48.3. The van der Waals surface area contributed by atoms with Gasteiger partial charge >= 0.3 is 0 Å². The number of benzene rings is 1. The van der Waals surface area contributed by atoms with Gasteiger partial charge in [0.2, 0.25) is 0 Å². The molecule has 1 aliphatic carbocycles. The lowest BCUT2D eigenvalue weighted by atomic mass is 9.89. The standard InChI is InChI=1S/C27H30F3N7O/c1-16-32-25-9-8-19(15-37(25)35-16)36-10-4-5-18(14-36)33-22-6-2-3-7-23(22)34-27-31-13-24(38-27)17-11-20(28)26(30)21(29)12-17/h8-9,11-13,15,18,22-23,33H,2-7,10,14H2,1H3,(H,31,34)/t18-,22+,23+/m0/s1. The minimum absolute atomic E-state index is 0.0989. The highest BCUT2D eigenvalue weighted by atomic mass is 19.2. The van der Waals surface area contributed by atoms with Crippen molar-refractivity contribution in [2.75, 3.05) is 23.3 Å². The van der Waals surface area contributed by atoms with E-state index in [1.54, 1.807) is 0 Å². The number of nitrogens with zero attached hydrogens (tertiary/aromatic N) is 5. The molecule has 0 amide bonds. The molecule has 3 atom stereocenters. The third-order valence-corrected chi connectivity index (χ3v) is 7.51. The molecule has 1 saturated heterocycles. The molecule has 0 radical (unpaired) electrons. The Morgan fingerprint density at radius 1 is 1.00 bits per heavy atom. The number of anilines is 2. The van der Waals surface area contributed by atoms with Crippen molar-refractivity contribution in [2.24, 2.45) is 0 Å². The zero-order valence-electron chi connectivity index (χ0n) is 21.1. The Morgan fingerprint density at radius 2 is 1.79 bits per heavy atom. The van der Waals surface area contributed by atoms with E-state index in [-0.39, 0.29) is 29.4 Å². The number of nitrogens with one attached hydrogen (secondary N) is 2. The van der Waals surface area contributed by atoms with Gasteiger partial charge in [-0.25, -0.2) is 27.7 Å². The third kappa shape index (κ3) is 5.07. The van der Waals surface area contributed by atoms with E-state index in [2.05, 4.69) is 36.7 Å². The first kappa shape index (κ1) is 24.7. The van der Waals surface area contributed by atoms with Crippen LogP contribution < -0.4 is 15.5 Å². The van der Waals surface area contributed by atoms with Crippen molar-refractivity contribution in [3.8, 4) is 11.3 Å². The molecule has 200 valence electrons.